The summed E-state index contributed by atoms with van der Waals surface area (Å²) in [4.78, 5) is 46.8. The van der Waals surface area contributed by atoms with Crippen LogP contribution in [-0.4, -0.2) is 75.6 Å². The van der Waals surface area contributed by atoms with Gasteiger partial charge in [-0.2, -0.15) is 0 Å². The van der Waals surface area contributed by atoms with Crippen LogP contribution in [0.4, 0.5) is 10.6 Å². The van der Waals surface area contributed by atoms with Gasteiger partial charge in [0.2, 0.25) is 5.91 Å². The molecule has 2 aliphatic heterocycles. The summed E-state index contributed by atoms with van der Waals surface area (Å²) in [6.07, 6.45) is 1.99. The predicted octanol–water partition coefficient (Wildman–Crippen LogP) is 1.86. The maximum absolute atomic E-state index is 13.5. The number of carbonyl (C=O) groups is 3. The molecule has 9 heteroatoms. The van der Waals surface area contributed by atoms with Gasteiger partial charge in [-0.25, -0.2) is 9.78 Å². The average molecular weight is 425 g/mol. The Morgan fingerprint density at radius 2 is 1.68 bits per heavy atom. The van der Waals surface area contributed by atoms with Crippen LogP contribution in [0.2, 0.25) is 0 Å². The first-order chi connectivity index (χ1) is 15.0. The van der Waals surface area contributed by atoms with Crippen molar-refractivity contribution in [2.75, 3.05) is 38.1 Å². The Hall–Kier alpha value is -3.36. The summed E-state index contributed by atoms with van der Waals surface area (Å²) < 4.78 is 1.94. The molecule has 1 aromatic carbocycles. The van der Waals surface area contributed by atoms with E-state index >= 15 is 0 Å². The molecule has 0 atom stereocenters. The average Bonchev–Trinajstić information content (AvgIpc) is 3.18. The zero-order valence-electron chi connectivity index (χ0n) is 17.7. The van der Waals surface area contributed by atoms with Gasteiger partial charge < -0.3 is 19.5 Å². The molecule has 3 heterocycles. The Labute approximate surface area is 180 Å². The smallest absolute Gasteiger partial charge is 0.407 e. The summed E-state index contributed by atoms with van der Waals surface area (Å²) in [5.41, 5.74) is 1.34. The molecule has 0 aliphatic carbocycles. The number of fused-ring (bicyclic) bond motifs is 1. The summed E-state index contributed by atoms with van der Waals surface area (Å²) >= 11 is 0. The molecule has 0 spiro atoms. The molecule has 0 unspecified atom stereocenters. The third kappa shape index (κ3) is 4.26. The van der Waals surface area contributed by atoms with Crippen LogP contribution in [-0.2, 0) is 24.2 Å². The number of imidazole rings is 1. The van der Waals surface area contributed by atoms with Crippen molar-refractivity contribution in [2.45, 2.75) is 32.2 Å². The van der Waals surface area contributed by atoms with Crippen molar-refractivity contribution < 1.29 is 19.5 Å². The first-order valence-electron chi connectivity index (χ1n) is 10.6. The van der Waals surface area contributed by atoms with Crippen LogP contribution < -0.4 is 4.90 Å². The number of amides is 3. The molecule has 1 fully saturated rings. The van der Waals surface area contributed by atoms with Crippen LogP contribution in [0.5, 0.6) is 0 Å². The second-order valence-corrected chi connectivity index (χ2v) is 7.99. The maximum atomic E-state index is 13.5. The van der Waals surface area contributed by atoms with Gasteiger partial charge in [-0.3, -0.25) is 14.5 Å². The summed E-state index contributed by atoms with van der Waals surface area (Å²) in [5.74, 6) is 0.892. The van der Waals surface area contributed by atoms with Crippen LogP contribution in [0.15, 0.2) is 30.3 Å². The lowest BCUT2D eigenvalue weighted by atomic mass is 10.1. The van der Waals surface area contributed by atoms with E-state index in [0.29, 0.717) is 31.1 Å². The number of likely N-dealkylation sites (N-methyl/N-ethyl adjacent to an activating group) is 1. The molecular weight excluding hydrogens is 398 g/mol. The van der Waals surface area contributed by atoms with Crippen molar-refractivity contribution in [3.05, 3.63) is 47.4 Å². The first-order valence-corrected chi connectivity index (χ1v) is 10.6. The van der Waals surface area contributed by atoms with Crippen molar-refractivity contribution in [2.24, 2.45) is 0 Å². The van der Waals surface area contributed by atoms with Gasteiger partial charge in [0.15, 0.2) is 11.5 Å². The Bertz CT molecular complexity index is 979. The van der Waals surface area contributed by atoms with Crippen LogP contribution in [0.1, 0.15) is 34.7 Å². The highest BCUT2D eigenvalue weighted by Crippen LogP contribution is 2.28. The van der Waals surface area contributed by atoms with Gasteiger partial charge in [-0.15, -0.1) is 0 Å². The Balaban J connectivity index is 1.60. The summed E-state index contributed by atoms with van der Waals surface area (Å²) in [6, 6.07) is 9.49. The van der Waals surface area contributed by atoms with E-state index < -0.39 is 6.09 Å². The molecule has 9 nitrogen and oxygen atoms in total. The largest absolute Gasteiger partial charge is 0.465 e. The minimum Gasteiger partial charge on any atom is -0.465 e. The highest BCUT2D eigenvalue weighted by molar-refractivity contribution is 6.03. The lowest BCUT2D eigenvalue weighted by molar-refractivity contribution is -0.117. The van der Waals surface area contributed by atoms with Gasteiger partial charge in [-0.1, -0.05) is 30.3 Å². The molecule has 4 rings (SSSR count). The highest BCUT2D eigenvalue weighted by Gasteiger charge is 2.33. The van der Waals surface area contributed by atoms with Crippen LogP contribution >= 0.6 is 0 Å². The standard InChI is InChI=1S/C22H27N5O4/c1-24(18(28)15-16-7-3-2-4-8-16)20-19(27-10-6-5-9-17(27)23-20)21(29)25-11-13-26(14-12-25)22(30)31/h2-4,7-8H,5-6,9-15H2,1H3,(H,30,31). The minimum atomic E-state index is -0.972. The van der Waals surface area contributed by atoms with Gasteiger partial charge in [0.05, 0.1) is 6.42 Å². The monoisotopic (exact) mass is 425 g/mol. The van der Waals surface area contributed by atoms with Crippen LogP contribution in [0.25, 0.3) is 0 Å². The summed E-state index contributed by atoms with van der Waals surface area (Å²) in [7, 11) is 1.67. The number of piperazine rings is 1. The van der Waals surface area contributed by atoms with Gasteiger partial charge in [0, 0.05) is 46.2 Å². The molecule has 0 bridgehead atoms. The normalized spacial score (nSPS) is 16.0. The van der Waals surface area contributed by atoms with Crippen molar-refractivity contribution in [1.82, 2.24) is 19.4 Å². The second kappa shape index (κ2) is 8.79. The van der Waals surface area contributed by atoms with Crippen molar-refractivity contribution in [3.8, 4) is 0 Å². The molecule has 3 amide bonds. The maximum Gasteiger partial charge on any atom is 0.407 e. The third-order valence-corrected chi connectivity index (χ3v) is 5.99. The zero-order chi connectivity index (χ0) is 22.0. The van der Waals surface area contributed by atoms with Crippen molar-refractivity contribution >= 4 is 23.7 Å². The number of rotatable bonds is 4. The van der Waals surface area contributed by atoms with Gasteiger partial charge >= 0.3 is 6.09 Å². The fourth-order valence-corrected chi connectivity index (χ4v) is 4.17. The molecule has 2 aliphatic rings. The van der Waals surface area contributed by atoms with E-state index in [1.165, 1.54) is 9.80 Å². The Morgan fingerprint density at radius 1 is 1.00 bits per heavy atom. The molecule has 1 saturated heterocycles. The number of carbonyl (C=O) groups excluding carboxylic acids is 2. The van der Waals surface area contributed by atoms with Crippen molar-refractivity contribution in [1.29, 1.82) is 0 Å². The predicted molar refractivity (Wildman–Crippen MR) is 114 cm³/mol. The molecular formula is C22H27N5O4. The third-order valence-electron chi connectivity index (χ3n) is 5.99. The lowest BCUT2D eigenvalue weighted by Crippen LogP contribution is -2.50. The van der Waals surface area contributed by atoms with E-state index in [2.05, 4.69) is 4.98 Å². The van der Waals surface area contributed by atoms with Crippen molar-refractivity contribution in [3.63, 3.8) is 0 Å². The zero-order valence-corrected chi connectivity index (χ0v) is 17.7. The van der Waals surface area contributed by atoms with Gasteiger partial charge in [-0.05, 0) is 18.4 Å². The van der Waals surface area contributed by atoms with Gasteiger partial charge in [0.25, 0.3) is 5.91 Å². The van der Waals surface area contributed by atoms with E-state index in [0.717, 1.165) is 30.7 Å². The second-order valence-electron chi connectivity index (χ2n) is 7.99. The fourth-order valence-electron chi connectivity index (χ4n) is 4.17. The molecule has 164 valence electrons. The number of anilines is 1. The van der Waals surface area contributed by atoms with Crippen LogP contribution in [0.3, 0.4) is 0 Å². The number of nitrogens with zero attached hydrogens (tertiary/aromatic N) is 5. The number of hydrogen-bond donors (Lipinski definition) is 1. The number of aromatic nitrogens is 2. The summed E-state index contributed by atoms with van der Waals surface area (Å²) in [6.45, 7) is 1.90. The molecule has 1 N–H and O–H groups in total. The first kappa shape index (κ1) is 20.9. The number of carboxylic acid groups (broad SMARTS) is 1. The molecule has 31 heavy (non-hydrogen) atoms. The Kier molecular flexibility index (Phi) is 5.92. The molecule has 0 saturated carbocycles. The fraction of sp³-hybridized carbons (Fsp3) is 0.455. The van der Waals surface area contributed by atoms with E-state index in [1.807, 2.05) is 34.9 Å². The van der Waals surface area contributed by atoms with E-state index in [9.17, 15) is 14.4 Å². The highest BCUT2D eigenvalue weighted by atomic mass is 16.4. The number of aryl methyl sites for hydroxylation is 1. The molecule has 0 radical (unpaired) electrons. The topological polar surface area (TPSA) is 99.0 Å². The lowest BCUT2D eigenvalue weighted by Gasteiger charge is -2.33. The van der Waals surface area contributed by atoms with E-state index in [4.69, 9.17) is 5.11 Å². The quantitative estimate of drug-likeness (QED) is 0.806. The molecule has 1 aromatic heterocycles. The van der Waals surface area contributed by atoms with E-state index in [1.54, 1.807) is 11.9 Å². The van der Waals surface area contributed by atoms with Crippen LogP contribution in [0, 0.1) is 0 Å². The summed E-state index contributed by atoms with van der Waals surface area (Å²) in [5, 5.41) is 9.17. The van der Waals surface area contributed by atoms with E-state index in [-0.39, 0.29) is 31.3 Å². The Morgan fingerprint density at radius 3 is 2.35 bits per heavy atom. The SMILES string of the molecule is CN(C(=O)Cc1ccccc1)c1nc2n(c1C(=O)N1CCN(C(=O)O)CC1)CCCC2. The van der Waals surface area contributed by atoms with Gasteiger partial charge in [0.1, 0.15) is 5.82 Å². The number of hydrogen-bond acceptors (Lipinski definition) is 4. The number of benzene rings is 1. The minimum absolute atomic E-state index is 0.133. The molecule has 2 aromatic rings.